The smallest absolute Gasteiger partial charge is 0.264 e. The van der Waals surface area contributed by atoms with Crippen LogP contribution in [0.2, 0.25) is 0 Å². The lowest BCUT2D eigenvalue weighted by Crippen LogP contribution is -2.46. The second-order valence-corrected chi connectivity index (χ2v) is 8.13. The highest BCUT2D eigenvalue weighted by Crippen LogP contribution is 2.23. The Bertz CT molecular complexity index is 520. The minimum atomic E-state index is -3.86. The SMILES string of the molecule is CC(CCCS(=O)(=O)O)N(Cc1ccccc1)C(C)(C)C. The molecule has 0 amide bonds. The van der Waals surface area contributed by atoms with Gasteiger partial charge in [-0.25, -0.2) is 0 Å². The standard InChI is InChI=1S/C16H27NO3S/c1-14(9-8-12-21(18,19)20)17(16(2,3)4)13-15-10-6-5-7-11-15/h5-7,10-11,14H,8-9,12-13H2,1-4H3,(H,18,19,20). The second kappa shape index (κ2) is 7.38. The maximum Gasteiger partial charge on any atom is 0.264 e. The molecule has 1 aromatic rings. The van der Waals surface area contributed by atoms with E-state index in [1.54, 1.807) is 0 Å². The van der Waals surface area contributed by atoms with Crippen molar-refractivity contribution >= 4 is 10.1 Å². The first kappa shape index (κ1) is 18.1. The molecule has 0 aliphatic heterocycles. The van der Waals surface area contributed by atoms with Crippen LogP contribution in [0, 0.1) is 0 Å². The summed E-state index contributed by atoms with van der Waals surface area (Å²) in [6.45, 7) is 9.43. The van der Waals surface area contributed by atoms with Gasteiger partial charge in [-0.2, -0.15) is 8.42 Å². The molecule has 0 saturated carbocycles. The highest BCUT2D eigenvalue weighted by molar-refractivity contribution is 7.85. The van der Waals surface area contributed by atoms with Crippen molar-refractivity contribution in [2.75, 3.05) is 5.75 Å². The van der Waals surface area contributed by atoms with E-state index >= 15 is 0 Å². The number of hydrogen-bond acceptors (Lipinski definition) is 3. The van der Waals surface area contributed by atoms with E-state index in [-0.39, 0.29) is 17.3 Å². The predicted molar refractivity (Wildman–Crippen MR) is 86.8 cm³/mol. The van der Waals surface area contributed by atoms with Crippen LogP contribution in [0.4, 0.5) is 0 Å². The molecule has 1 N–H and O–H groups in total. The van der Waals surface area contributed by atoms with E-state index in [1.807, 2.05) is 18.2 Å². The van der Waals surface area contributed by atoms with Gasteiger partial charge in [-0.15, -0.1) is 0 Å². The van der Waals surface area contributed by atoms with Gasteiger partial charge in [-0.3, -0.25) is 9.45 Å². The van der Waals surface area contributed by atoms with Crippen LogP contribution in [0.15, 0.2) is 30.3 Å². The van der Waals surface area contributed by atoms with Gasteiger partial charge in [0.05, 0.1) is 5.75 Å². The lowest BCUT2D eigenvalue weighted by atomic mass is 9.99. The fraction of sp³-hybridized carbons (Fsp3) is 0.625. The van der Waals surface area contributed by atoms with E-state index in [4.69, 9.17) is 4.55 Å². The summed E-state index contributed by atoms with van der Waals surface area (Å²) in [5, 5.41) is 0. The van der Waals surface area contributed by atoms with E-state index in [0.29, 0.717) is 6.42 Å². The summed E-state index contributed by atoms with van der Waals surface area (Å²) in [6.07, 6.45) is 1.21. The van der Waals surface area contributed by atoms with Crippen LogP contribution < -0.4 is 0 Å². The average molecular weight is 313 g/mol. The zero-order valence-corrected chi connectivity index (χ0v) is 14.2. The monoisotopic (exact) mass is 313 g/mol. The lowest BCUT2D eigenvalue weighted by molar-refractivity contribution is 0.0764. The van der Waals surface area contributed by atoms with Crippen molar-refractivity contribution in [1.82, 2.24) is 4.90 Å². The number of hydrogen-bond donors (Lipinski definition) is 1. The first-order chi connectivity index (χ1) is 9.59. The van der Waals surface area contributed by atoms with Gasteiger partial charge < -0.3 is 0 Å². The number of nitrogens with zero attached hydrogens (tertiary/aromatic N) is 1. The third kappa shape index (κ3) is 7.07. The summed E-state index contributed by atoms with van der Waals surface area (Å²) < 4.78 is 30.4. The summed E-state index contributed by atoms with van der Waals surface area (Å²) in [4.78, 5) is 2.37. The molecule has 21 heavy (non-hydrogen) atoms. The maximum atomic E-state index is 10.8. The highest BCUT2D eigenvalue weighted by atomic mass is 32.2. The molecular weight excluding hydrogens is 286 g/mol. The molecule has 1 rings (SSSR count). The summed E-state index contributed by atoms with van der Waals surface area (Å²) in [5.41, 5.74) is 1.24. The molecule has 0 fully saturated rings. The van der Waals surface area contributed by atoms with Crippen LogP contribution >= 0.6 is 0 Å². The van der Waals surface area contributed by atoms with Gasteiger partial charge in [0.15, 0.2) is 0 Å². The van der Waals surface area contributed by atoms with Crippen LogP contribution in [0.25, 0.3) is 0 Å². The third-order valence-corrected chi connectivity index (χ3v) is 4.42. The fourth-order valence-corrected chi connectivity index (χ4v) is 3.08. The van der Waals surface area contributed by atoms with Gasteiger partial charge in [0.2, 0.25) is 0 Å². The molecule has 0 saturated heterocycles. The lowest BCUT2D eigenvalue weighted by Gasteiger charge is -2.40. The minimum Gasteiger partial charge on any atom is -0.292 e. The van der Waals surface area contributed by atoms with Crippen LogP contribution in [-0.2, 0) is 16.7 Å². The molecule has 1 atom stereocenters. The van der Waals surface area contributed by atoms with Gasteiger partial charge in [0, 0.05) is 18.1 Å². The highest BCUT2D eigenvalue weighted by Gasteiger charge is 2.26. The van der Waals surface area contributed by atoms with E-state index in [1.165, 1.54) is 5.56 Å². The van der Waals surface area contributed by atoms with Crippen LogP contribution in [0.3, 0.4) is 0 Å². The molecule has 0 radical (unpaired) electrons. The van der Waals surface area contributed by atoms with E-state index in [9.17, 15) is 8.42 Å². The van der Waals surface area contributed by atoms with Crippen molar-refractivity contribution < 1.29 is 13.0 Å². The molecule has 1 aromatic carbocycles. The topological polar surface area (TPSA) is 57.6 Å². The molecule has 0 aliphatic rings. The fourth-order valence-electron chi connectivity index (χ4n) is 2.55. The normalized spacial score (nSPS) is 14.4. The summed E-state index contributed by atoms with van der Waals surface area (Å²) in [5.74, 6) is -0.166. The summed E-state index contributed by atoms with van der Waals surface area (Å²) >= 11 is 0. The van der Waals surface area contributed by atoms with Crippen molar-refractivity contribution in [1.29, 1.82) is 0 Å². The van der Waals surface area contributed by atoms with Gasteiger partial charge in [-0.1, -0.05) is 30.3 Å². The van der Waals surface area contributed by atoms with Crippen LogP contribution in [0.1, 0.15) is 46.1 Å². The van der Waals surface area contributed by atoms with Crippen molar-refractivity contribution in [2.45, 2.75) is 58.7 Å². The Hall–Kier alpha value is -0.910. The maximum absolute atomic E-state index is 10.8. The largest absolute Gasteiger partial charge is 0.292 e. The van der Waals surface area contributed by atoms with Gasteiger partial charge in [0.25, 0.3) is 10.1 Å². The molecule has 4 nitrogen and oxygen atoms in total. The zero-order valence-electron chi connectivity index (χ0n) is 13.4. The molecule has 0 aliphatic carbocycles. The molecule has 5 heteroatoms. The van der Waals surface area contributed by atoms with Crippen molar-refractivity contribution in [2.24, 2.45) is 0 Å². The number of rotatable bonds is 7. The van der Waals surface area contributed by atoms with Crippen molar-refractivity contribution in [3.63, 3.8) is 0 Å². The summed E-state index contributed by atoms with van der Waals surface area (Å²) in [6, 6.07) is 10.5. The third-order valence-electron chi connectivity index (χ3n) is 3.61. The van der Waals surface area contributed by atoms with Gasteiger partial charge in [-0.05, 0) is 46.1 Å². The first-order valence-electron chi connectivity index (χ1n) is 7.35. The quantitative estimate of drug-likeness (QED) is 0.784. The Labute approximate surface area is 128 Å². The van der Waals surface area contributed by atoms with Crippen LogP contribution in [0.5, 0.6) is 0 Å². The first-order valence-corrected chi connectivity index (χ1v) is 8.96. The Kier molecular flexibility index (Phi) is 6.38. The molecule has 0 bridgehead atoms. The minimum absolute atomic E-state index is 0.00660. The average Bonchev–Trinajstić information content (AvgIpc) is 2.34. The molecule has 120 valence electrons. The Balaban J connectivity index is 2.69. The molecule has 0 aromatic heterocycles. The van der Waals surface area contributed by atoms with E-state index in [2.05, 4.69) is 44.7 Å². The number of benzene rings is 1. The Morgan fingerprint density at radius 2 is 1.76 bits per heavy atom. The zero-order chi connectivity index (χ0) is 16.1. The molecule has 0 spiro atoms. The second-order valence-electron chi connectivity index (χ2n) is 6.56. The Morgan fingerprint density at radius 1 is 1.19 bits per heavy atom. The van der Waals surface area contributed by atoms with Gasteiger partial charge >= 0.3 is 0 Å². The predicted octanol–water partition coefficient (Wildman–Crippen LogP) is 3.34. The van der Waals surface area contributed by atoms with Gasteiger partial charge in [0.1, 0.15) is 0 Å². The Morgan fingerprint density at radius 3 is 2.24 bits per heavy atom. The van der Waals surface area contributed by atoms with Crippen molar-refractivity contribution in [3.8, 4) is 0 Å². The van der Waals surface area contributed by atoms with E-state index < -0.39 is 10.1 Å². The molecular formula is C16H27NO3S. The van der Waals surface area contributed by atoms with Crippen LogP contribution in [-0.4, -0.2) is 35.2 Å². The summed E-state index contributed by atoms with van der Waals surface area (Å²) in [7, 11) is -3.86. The molecule has 0 heterocycles. The van der Waals surface area contributed by atoms with Crippen molar-refractivity contribution in [3.05, 3.63) is 35.9 Å². The molecule has 1 unspecified atom stereocenters. The van der Waals surface area contributed by atoms with E-state index in [0.717, 1.165) is 13.0 Å².